The number of aromatic nitrogens is 3. The van der Waals surface area contributed by atoms with Gasteiger partial charge in [0.2, 0.25) is 0 Å². The molecule has 2 unspecified atom stereocenters. The normalized spacial score (nSPS) is 22.2. The maximum absolute atomic E-state index is 4.10. The highest BCUT2D eigenvalue weighted by Gasteiger charge is 2.11. The molecule has 0 amide bonds. The minimum atomic E-state index is 0.525. The van der Waals surface area contributed by atoms with Crippen molar-refractivity contribution >= 4 is 0 Å². The Balaban J connectivity index is 1.69. The van der Waals surface area contributed by atoms with E-state index in [1.54, 1.807) is 12.7 Å². The standard InChI is InChI=1S/C12H20N4/c1-11(7-8-16-10-13-9-14-16)15-12-5-3-2-4-6-12/h3,5,9-12,15H,2,4,6-8H2,1H3. The minimum absolute atomic E-state index is 0.525. The molecule has 16 heavy (non-hydrogen) atoms. The van der Waals surface area contributed by atoms with Gasteiger partial charge in [0.15, 0.2) is 0 Å². The fourth-order valence-electron chi connectivity index (χ4n) is 2.07. The van der Waals surface area contributed by atoms with Crippen LogP contribution in [-0.4, -0.2) is 26.8 Å². The Morgan fingerprint density at radius 3 is 3.19 bits per heavy atom. The van der Waals surface area contributed by atoms with Gasteiger partial charge in [-0.05, 0) is 32.6 Å². The fourth-order valence-corrected chi connectivity index (χ4v) is 2.07. The Labute approximate surface area is 96.8 Å². The van der Waals surface area contributed by atoms with Crippen molar-refractivity contribution in [3.05, 3.63) is 24.8 Å². The predicted octanol–water partition coefficient (Wildman–Crippen LogP) is 1.75. The van der Waals surface area contributed by atoms with Gasteiger partial charge in [0.25, 0.3) is 0 Å². The molecule has 0 saturated carbocycles. The summed E-state index contributed by atoms with van der Waals surface area (Å²) < 4.78 is 1.88. The SMILES string of the molecule is CC(CCn1cncn1)NC1C=CCCC1. The quantitative estimate of drug-likeness (QED) is 0.769. The van der Waals surface area contributed by atoms with Crippen molar-refractivity contribution < 1.29 is 0 Å². The van der Waals surface area contributed by atoms with Crippen molar-refractivity contribution in [2.75, 3.05) is 0 Å². The van der Waals surface area contributed by atoms with Crippen LogP contribution >= 0.6 is 0 Å². The minimum Gasteiger partial charge on any atom is -0.308 e. The summed E-state index contributed by atoms with van der Waals surface area (Å²) in [5.41, 5.74) is 0. The molecule has 0 aromatic carbocycles. The first kappa shape index (κ1) is 11.3. The highest BCUT2D eigenvalue weighted by atomic mass is 15.3. The first-order chi connectivity index (χ1) is 7.84. The zero-order chi connectivity index (χ0) is 11.2. The van der Waals surface area contributed by atoms with Crippen LogP contribution in [0, 0.1) is 0 Å². The number of rotatable bonds is 5. The van der Waals surface area contributed by atoms with E-state index in [1.165, 1.54) is 19.3 Å². The average molecular weight is 220 g/mol. The lowest BCUT2D eigenvalue weighted by Crippen LogP contribution is -2.36. The number of hydrogen-bond acceptors (Lipinski definition) is 3. The molecule has 0 saturated heterocycles. The molecule has 1 aromatic rings. The zero-order valence-electron chi connectivity index (χ0n) is 9.84. The van der Waals surface area contributed by atoms with Gasteiger partial charge in [0.05, 0.1) is 0 Å². The summed E-state index contributed by atoms with van der Waals surface area (Å²) in [4.78, 5) is 3.94. The van der Waals surface area contributed by atoms with Crippen LogP contribution < -0.4 is 5.32 Å². The fraction of sp³-hybridized carbons (Fsp3) is 0.667. The number of nitrogens with one attached hydrogen (secondary N) is 1. The topological polar surface area (TPSA) is 42.7 Å². The van der Waals surface area contributed by atoms with E-state index in [1.807, 2.05) is 4.68 Å². The van der Waals surface area contributed by atoms with Crippen molar-refractivity contribution in [2.24, 2.45) is 0 Å². The molecule has 1 aliphatic rings. The van der Waals surface area contributed by atoms with E-state index in [0.29, 0.717) is 12.1 Å². The third-order valence-electron chi connectivity index (χ3n) is 3.01. The monoisotopic (exact) mass is 220 g/mol. The van der Waals surface area contributed by atoms with Gasteiger partial charge < -0.3 is 5.32 Å². The summed E-state index contributed by atoms with van der Waals surface area (Å²) in [7, 11) is 0. The first-order valence-corrected chi connectivity index (χ1v) is 6.10. The zero-order valence-corrected chi connectivity index (χ0v) is 9.84. The number of allylic oxidation sites excluding steroid dienone is 1. The molecule has 0 aliphatic heterocycles. The van der Waals surface area contributed by atoms with Gasteiger partial charge in [0, 0.05) is 18.6 Å². The third kappa shape index (κ3) is 3.45. The van der Waals surface area contributed by atoms with Crippen molar-refractivity contribution in [3.8, 4) is 0 Å². The van der Waals surface area contributed by atoms with E-state index in [0.717, 1.165) is 13.0 Å². The van der Waals surface area contributed by atoms with Gasteiger partial charge in [-0.25, -0.2) is 4.98 Å². The Bertz CT molecular complexity index is 318. The summed E-state index contributed by atoms with van der Waals surface area (Å²) in [5.74, 6) is 0. The Kier molecular flexibility index (Phi) is 4.10. The molecule has 4 nitrogen and oxygen atoms in total. The first-order valence-electron chi connectivity index (χ1n) is 6.10. The molecular formula is C12H20N4. The molecule has 0 spiro atoms. The van der Waals surface area contributed by atoms with Gasteiger partial charge in [-0.15, -0.1) is 0 Å². The number of aryl methyl sites for hydroxylation is 1. The molecule has 1 aliphatic carbocycles. The second-order valence-electron chi connectivity index (χ2n) is 4.48. The van der Waals surface area contributed by atoms with Gasteiger partial charge in [-0.2, -0.15) is 5.10 Å². The van der Waals surface area contributed by atoms with Crippen LogP contribution in [0.5, 0.6) is 0 Å². The Morgan fingerprint density at radius 1 is 1.56 bits per heavy atom. The van der Waals surface area contributed by atoms with E-state index in [9.17, 15) is 0 Å². The maximum atomic E-state index is 4.10. The van der Waals surface area contributed by atoms with Gasteiger partial charge >= 0.3 is 0 Å². The smallest absolute Gasteiger partial charge is 0.137 e. The van der Waals surface area contributed by atoms with E-state index in [4.69, 9.17) is 0 Å². The molecule has 1 aromatic heterocycles. The number of nitrogens with zero attached hydrogens (tertiary/aromatic N) is 3. The summed E-state index contributed by atoms with van der Waals surface area (Å²) >= 11 is 0. The molecular weight excluding hydrogens is 200 g/mol. The van der Waals surface area contributed by atoms with Crippen LogP contribution in [-0.2, 0) is 6.54 Å². The highest BCUT2D eigenvalue weighted by Crippen LogP contribution is 2.11. The van der Waals surface area contributed by atoms with Crippen molar-refractivity contribution in [3.63, 3.8) is 0 Å². The Hall–Kier alpha value is -1.16. The number of hydrogen-bond donors (Lipinski definition) is 1. The van der Waals surface area contributed by atoms with Crippen molar-refractivity contribution in [1.82, 2.24) is 20.1 Å². The van der Waals surface area contributed by atoms with Crippen LogP contribution in [0.1, 0.15) is 32.6 Å². The van der Waals surface area contributed by atoms with Crippen LogP contribution in [0.3, 0.4) is 0 Å². The molecule has 1 N–H and O–H groups in total. The van der Waals surface area contributed by atoms with Crippen LogP contribution in [0.25, 0.3) is 0 Å². The molecule has 0 radical (unpaired) electrons. The maximum Gasteiger partial charge on any atom is 0.137 e. The second-order valence-corrected chi connectivity index (χ2v) is 4.48. The molecule has 2 atom stereocenters. The van der Waals surface area contributed by atoms with Crippen molar-refractivity contribution in [2.45, 2.75) is 51.2 Å². The molecule has 2 rings (SSSR count). The third-order valence-corrected chi connectivity index (χ3v) is 3.01. The largest absolute Gasteiger partial charge is 0.308 e. The summed E-state index contributed by atoms with van der Waals surface area (Å²) in [6.45, 7) is 3.17. The van der Waals surface area contributed by atoms with Crippen LogP contribution in [0.15, 0.2) is 24.8 Å². The van der Waals surface area contributed by atoms with Gasteiger partial charge in [0.1, 0.15) is 12.7 Å². The summed E-state index contributed by atoms with van der Waals surface area (Å²) in [5, 5.41) is 7.73. The Morgan fingerprint density at radius 2 is 2.50 bits per heavy atom. The van der Waals surface area contributed by atoms with Gasteiger partial charge in [-0.1, -0.05) is 12.2 Å². The molecule has 88 valence electrons. The lowest BCUT2D eigenvalue weighted by atomic mass is 10.0. The van der Waals surface area contributed by atoms with Gasteiger partial charge in [-0.3, -0.25) is 4.68 Å². The van der Waals surface area contributed by atoms with Crippen molar-refractivity contribution in [1.29, 1.82) is 0 Å². The molecule has 0 bridgehead atoms. The second kappa shape index (κ2) is 5.80. The van der Waals surface area contributed by atoms with E-state index >= 15 is 0 Å². The lowest BCUT2D eigenvalue weighted by molar-refractivity contribution is 0.411. The van der Waals surface area contributed by atoms with E-state index in [2.05, 4.69) is 34.5 Å². The summed E-state index contributed by atoms with van der Waals surface area (Å²) in [6, 6.07) is 1.09. The lowest BCUT2D eigenvalue weighted by Gasteiger charge is -2.22. The van der Waals surface area contributed by atoms with Crippen LogP contribution in [0.4, 0.5) is 0 Å². The predicted molar refractivity (Wildman–Crippen MR) is 64.0 cm³/mol. The van der Waals surface area contributed by atoms with E-state index in [-0.39, 0.29) is 0 Å². The average Bonchev–Trinajstić information content (AvgIpc) is 2.81. The molecule has 1 heterocycles. The molecule has 0 fully saturated rings. The summed E-state index contributed by atoms with van der Waals surface area (Å²) in [6.07, 6.45) is 12.9. The van der Waals surface area contributed by atoms with Crippen LogP contribution in [0.2, 0.25) is 0 Å². The molecule has 4 heteroatoms. The highest BCUT2D eigenvalue weighted by molar-refractivity contribution is 4.98. The van der Waals surface area contributed by atoms with E-state index < -0.39 is 0 Å².